The van der Waals surface area contributed by atoms with Gasteiger partial charge in [0.05, 0.1) is 18.0 Å². The van der Waals surface area contributed by atoms with Gasteiger partial charge in [-0.2, -0.15) is 0 Å². The molecule has 1 aromatic carbocycles. The standard InChI is InChI=1S/C25H33ClN2O2S/c1-17(2)14-27(24(30)25(4,5)16-26)15-22(29)28-12-10-21-20(11-13-31-21)23(28)19-8-6-18(3)7-9-19/h6-9,11,13,17,23H,10,12,14-16H2,1-5H3/t23-/m1/s1. The number of benzene rings is 1. The van der Waals surface area contributed by atoms with E-state index in [9.17, 15) is 9.59 Å². The van der Waals surface area contributed by atoms with Crippen LogP contribution in [0.15, 0.2) is 35.7 Å². The molecule has 2 amide bonds. The number of aryl methyl sites for hydroxylation is 1. The number of hydrogen-bond acceptors (Lipinski definition) is 3. The van der Waals surface area contributed by atoms with Gasteiger partial charge in [-0.25, -0.2) is 0 Å². The lowest BCUT2D eigenvalue weighted by Gasteiger charge is -2.39. The molecule has 31 heavy (non-hydrogen) atoms. The van der Waals surface area contributed by atoms with E-state index in [1.807, 2.05) is 18.7 Å². The molecule has 6 heteroatoms. The summed E-state index contributed by atoms with van der Waals surface area (Å²) in [6.07, 6.45) is 0.854. The Labute approximate surface area is 195 Å². The Balaban J connectivity index is 1.90. The van der Waals surface area contributed by atoms with Crippen molar-refractivity contribution in [1.29, 1.82) is 0 Å². The zero-order chi connectivity index (χ0) is 22.8. The highest BCUT2D eigenvalue weighted by Gasteiger charge is 2.36. The van der Waals surface area contributed by atoms with E-state index in [1.54, 1.807) is 16.2 Å². The third-order valence-corrected chi connectivity index (χ3v) is 7.46. The van der Waals surface area contributed by atoms with E-state index in [-0.39, 0.29) is 36.2 Å². The lowest BCUT2D eigenvalue weighted by atomic mass is 9.92. The van der Waals surface area contributed by atoms with Gasteiger partial charge in [-0.05, 0) is 55.7 Å². The molecule has 1 atom stereocenters. The zero-order valence-corrected chi connectivity index (χ0v) is 20.7. The molecule has 0 saturated carbocycles. The molecule has 0 fully saturated rings. The molecular formula is C25H33ClN2O2S. The molecule has 0 N–H and O–H groups in total. The summed E-state index contributed by atoms with van der Waals surface area (Å²) < 4.78 is 0. The third kappa shape index (κ3) is 5.32. The second-order valence-electron chi connectivity index (χ2n) is 9.55. The van der Waals surface area contributed by atoms with Gasteiger partial charge in [0.2, 0.25) is 11.8 Å². The van der Waals surface area contributed by atoms with Crippen LogP contribution in [0.2, 0.25) is 0 Å². The number of carbonyl (C=O) groups excluding carboxylic acids is 2. The van der Waals surface area contributed by atoms with Crippen LogP contribution in [0.25, 0.3) is 0 Å². The molecule has 1 aliphatic heterocycles. The molecule has 0 spiro atoms. The summed E-state index contributed by atoms with van der Waals surface area (Å²) in [7, 11) is 0. The number of amides is 2. The molecule has 0 aliphatic carbocycles. The fraction of sp³-hybridized carbons (Fsp3) is 0.520. The van der Waals surface area contributed by atoms with Gasteiger partial charge in [0, 0.05) is 23.8 Å². The first kappa shape index (κ1) is 23.8. The van der Waals surface area contributed by atoms with Crippen LogP contribution in [0, 0.1) is 18.3 Å². The van der Waals surface area contributed by atoms with Gasteiger partial charge in [0.1, 0.15) is 0 Å². The predicted molar refractivity (Wildman–Crippen MR) is 129 cm³/mol. The predicted octanol–water partition coefficient (Wildman–Crippen LogP) is 5.28. The van der Waals surface area contributed by atoms with Crippen molar-refractivity contribution < 1.29 is 9.59 Å². The summed E-state index contributed by atoms with van der Waals surface area (Å²) in [6, 6.07) is 10.4. The molecule has 0 bridgehead atoms. The highest BCUT2D eigenvalue weighted by atomic mass is 35.5. The molecule has 0 saturated heterocycles. The fourth-order valence-electron chi connectivity index (χ4n) is 4.09. The molecule has 1 aromatic heterocycles. The minimum atomic E-state index is -0.699. The lowest BCUT2D eigenvalue weighted by molar-refractivity contribution is -0.146. The van der Waals surface area contributed by atoms with Crippen molar-refractivity contribution in [3.8, 4) is 0 Å². The van der Waals surface area contributed by atoms with Crippen LogP contribution in [0.4, 0.5) is 0 Å². The first-order valence-electron chi connectivity index (χ1n) is 10.9. The molecule has 3 rings (SSSR count). The van der Waals surface area contributed by atoms with E-state index >= 15 is 0 Å². The maximum atomic E-state index is 13.6. The van der Waals surface area contributed by atoms with Gasteiger partial charge in [-0.3, -0.25) is 9.59 Å². The van der Waals surface area contributed by atoms with Crippen LogP contribution in [0.1, 0.15) is 55.3 Å². The minimum absolute atomic E-state index is 0.0122. The lowest BCUT2D eigenvalue weighted by Crippen LogP contribution is -2.50. The normalized spacial score (nSPS) is 16.4. The number of thiophene rings is 1. The second kappa shape index (κ2) is 9.74. The molecule has 2 heterocycles. The van der Waals surface area contributed by atoms with Crippen molar-refractivity contribution in [1.82, 2.24) is 9.80 Å². The monoisotopic (exact) mass is 460 g/mol. The summed E-state index contributed by atoms with van der Waals surface area (Å²) in [5, 5.41) is 2.11. The number of halogens is 1. The van der Waals surface area contributed by atoms with Crippen LogP contribution in [-0.4, -0.2) is 47.1 Å². The summed E-state index contributed by atoms with van der Waals surface area (Å²) >= 11 is 7.83. The quantitative estimate of drug-likeness (QED) is 0.527. The summed E-state index contributed by atoms with van der Waals surface area (Å²) in [6.45, 7) is 11.2. The van der Waals surface area contributed by atoms with Crippen LogP contribution in [0.5, 0.6) is 0 Å². The average Bonchev–Trinajstić information content (AvgIpc) is 3.21. The van der Waals surface area contributed by atoms with Crippen LogP contribution >= 0.6 is 22.9 Å². The molecule has 1 aliphatic rings. The Morgan fingerprint density at radius 3 is 2.52 bits per heavy atom. The van der Waals surface area contributed by atoms with Crippen molar-refractivity contribution in [2.75, 3.05) is 25.5 Å². The zero-order valence-electron chi connectivity index (χ0n) is 19.2. The Kier molecular flexibility index (Phi) is 7.48. The molecule has 0 radical (unpaired) electrons. The summed E-state index contributed by atoms with van der Waals surface area (Å²) in [5.41, 5.74) is 2.81. The SMILES string of the molecule is Cc1ccc([C@@H]2c3ccsc3CCN2C(=O)CN(CC(C)C)C(=O)C(C)(C)CCl)cc1. The molecule has 168 valence electrons. The number of hydrogen-bond donors (Lipinski definition) is 0. The van der Waals surface area contributed by atoms with Gasteiger partial charge in [0.15, 0.2) is 0 Å². The van der Waals surface area contributed by atoms with E-state index in [0.29, 0.717) is 13.1 Å². The summed E-state index contributed by atoms with van der Waals surface area (Å²) in [5.74, 6) is 0.412. The Morgan fingerprint density at radius 2 is 1.90 bits per heavy atom. The molecule has 2 aromatic rings. The Morgan fingerprint density at radius 1 is 1.23 bits per heavy atom. The van der Waals surface area contributed by atoms with Crippen LogP contribution < -0.4 is 0 Å². The first-order chi connectivity index (χ1) is 14.6. The van der Waals surface area contributed by atoms with Crippen molar-refractivity contribution in [2.24, 2.45) is 11.3 Å². The van der Waals surface area contributed by atoms with Crippen molar-refractivity contribution in [3.05, 3.63) is 57.3 Å². The van der Waals surface area contributed by atoms with E-state index in [4.69, 9.17) is 11.6 Å². The largest absolute Gasteiger partial charge is 0.333 e. The highest BCUT2D eigenvalue weighted by Crippen LogP contribution is 2.38. The van der Waals surface area contributed by atoms with Crippen LogP contribution in [-0.2, 0) is 16.0 Å². The van der Waals surface area contributed by atoms with E-state index in [2.05, 4.69) is 56.5 Å². The molecular weight excluding hydrogens is 428 g/mol. The van der Waals surface area contributed by atoms with Crippen molar-refractivity contribution in [2.45, 2.75) is 47.1 Å². The number of rotatable bonds is 7. The van der Waals surface area contributed by atoms with Gasteiger partial charge in [-0.1, -0.05) is 43.7 Å². The van der Waals surface area contributed by atoms with Gasteiger partial charge in [0.25, 0.3) is 0 Å². The average molecular weight is 461 g/mol. The summed E-state index contributed by atoms with van der Waals surface area (Å²) in [4.78, 5) is 31.8. The van der Waals surface area contributed by atoms with E-state index in [1.165, 1.54) is 16.0 Å². The third-order valence-electron chi connectivity index (χ3n) is 5.79. The van der Waals surface area contributed by atoms with E-state index < -0.39 is 5.41 Å². The van der Waals surface area contributed by atoms with Gasteiger partial charge < -0.3 is 9.80 Å². The fourth-order valence-corrected chi connectivity index (χ4v) is 5.11. The number of carbonyl (C=O) groups is 2. The smallest absolute Gasteiger partial charge is 0.242 e. The molecule has 4 nitrogen and oxygen atoms in total. The topological polar surface area (TPSA) is 40.6 Å². The van der Waals surface area contributed by atoms with Crippen molar-refractivity contribution in [3.63, 3.8) is 0 Å². The Hall–Kier alpha value is -1.85. The van der Waals surface area contributed by atoms with Gasteiger partial charge in [-0.15, -0.1) is 22.9 Å². The van der Waals surface area contributed by atoms with Crippen LogP contribution in [0.3, 0.4) is 0 Å². The highest BCUT2D eigenvalue weighted by molar-refractivity contribution is 7.10. The number of alkyl halides is 1. The Bertz CT molecular complexity index is 920. The molecule has 0 unspecified atom stereocenters. The number of fused-ring (bicyclic) bond motifs is 1. The maximum Gasteiger partial charge on any atom is 0.242 e. The minimum Gasteiger partial charge on any atom is -0.333 e. The van der Waals surface area contributed by atoms with E-state index in [0.717, 1.165) is 12.0 Å². The van der Waals surface area contributed by atoms with Gasteiger partial charge >= 0.3 is 0 Å². The van der Waals surface area contributed by atoms with Crippen molar-refractivity contribution >= 4 is 34.8 Å². The second-order valence-corrected chi connectivity index (χ2v) is 10.8. The first-order valence-corrected chi connectivity index (χ1v) is 12.3. The maximum absolute atomic E-state index is 13.6. The number of nitrogens with zero attached hydrogens (tertiary/aromatic N) is 2.